The van der Waals surface area contributed by atoms with Crippen LogP contribution in [-0.4, -0.2) is 6.61 Å². The van der Waals surface area contributed by atoms with Crippen molar-refractivity contribution in [3.63, 3.8) is 0 Å². The van der Waals surface area contributed by atoms with Gasteiger partial charge in [-0.05, 0) is 77.4 Å². The molecule has 0 atom stereocenters. The maximum atomic E-state index is 5.53. The Kier molecular flexibility index (Phi) is 4.05. The second kappa shape index (κ2) is 5.54. The predicted molar refractivity (Wildman–Crippen MR) is 80.5 cm³/mol. The molecule has 0 aliphatic rings. The van der Waals surface area contributed by atoms with Crippen LogP contribution in [0.3, 0.4) is 0 Å². The molecular weight excluding hydrogens is 323 g/mol. The molecule has 0 spiro atoms. The van der Waals surface area contributed by atoms with Crippen LogP contribution in [0.1, 0.15) is 12.5 Å². The molecule has 0 saturated heterocycles. The summed E-state index contributed by atoms with van der Waals surface area (Å²) in [5, 5.41) is 0. The van der Waals surface area contributed by atoms with E-state index in [0.717, 1.165) is 5.75 Å². The summed E-state index contributed by atoms with van der Waals surface area (Å²) in [4.78, 5) is 0. The molecule has 2 aromatic rings. The van der Waals surface area contributed by atoms with Gasteiger partial charge in [0.15, 0.2) is 0 Å². The normalized spacial score (nSPS) is 10.3. The van der Waals surface area contributed by atoms with Crippen molar-refractivity contribution in [1.82, 2.24) is 0 Å². The Labute approximate surface area is 116 Å². The van der Waals surface area contributed by atoms with Crippen LogP contribution < -0.4 is 4.74 Å². The van der Waals surface area contributed by atoms with Gasteiger partial charge in [-0.1, -0.05) is 18.2 Å². The van der Waals surface area contributed by atoms with Crippen LogP contribution >= 0.6 is 22.6 Å². The third-order valence-electron chi connectivity index (χ3n) is 2.52. The molecule has 0 N–H and O–H groups in total. The Morgan fingerprint density at radius 1 is 1.06 bits per heavy atom. The average Bonchev–Trinajstić information content (AvgIpc) is 2.28. The number of benzene rings is 2. The van der Waals surface area contributed by atoms with Gasteiger partial charge in [0, 0.05) is 3.57 Å². The first-order valence-electron chi connectivity index (χ1n) is 5.69. The van der Waals surface area contributed by atoms with E-state index in [1.54, 1.807) is 0 Å². The summed E-state index contributed by atoms with van der Waals surface area (Å²) in [6.07, 6.45) is 0. The zero-order valence-corrected chi connectivity index (χ0v) is 12.2. The van der Waals surface area contributed by atoms with Crippen LogP contribution in [-0.2, 0) is 0 Å². The maximum absolute atomic E-state index is 5.53. The van der Waals surface area contributed by atoms with Gasteiger partial charge in [-0.2, -0.15) is 0 Å². The number of hydrogen-bond acceptors (Lipinski definition) is 1. The van der Waals surface area contributed by atoms with E-state index >= 15 is 0 Å². The van der Waals surface area contributed by atoms with E-state index in [0.29, 0.717) is 6.61 Å². The van der Waals surface area contributed by atoms with E-state index in [4.69, 9.17) is 4.74 Å². The minimum atomic E-state index is 0.703. The van der Waals surface area contributed by atoms with E-state index in [-0.39, 0.29) is 0 Å². The summed E-state index contributed by atoms with van der Waals surface area (Å²) in [5.74, 6) is 0.932. The number of hydrogen-bond donors (Lipinski definition) is 0. The van der Waals surface area contributed by atoms with Crippen LogP contribution in [0, 0.1) is 10.5 Å². The van der Waals surface area contributed by atoms with Gasteiger partial charge in [0.2, 0.25) is 0 Å². The smallest absolute Gasteiger partial charge is 0.119 e. The van der Waals surface area contributed by atoms with Gasteiger partial charge in [0.1, 0.15) is 5.75 Å². The van der Waals surface area contributed by atoms with Crippen LogP contribution in [0.4, 0.5) is 0 Å². The molecule has 17 heavy (non-hydrogen) atoms. The number of halogens is 1. The van der Waals surface area contributed by atoms with Gasteiger partial charge in [-0.25, -0.2) is 0 Å². The molecule has 0 radical (unpaired) electrons. The largest absolute Gasteiger partial charge is 0.494 e. The number of aryl methyl sites for hydroxylation is 1. The van der Waals surface area contributed by atoms with Crippen LogP contribution in [0.15, 0.2) is 42.5 Å². The lowest BCUT2D eigenvalue weighted by Gasteiger charge is -2.07. The topological polar surface area (TPSA) is 9.23 Å². The van der Waals surface area contributed by atoms with Crippen LogP contribution in [0.5, 0.6) is 5.75 Å². The predicted octanol–water partition coefficient (Wildman–Crippen LogP) is 4.67. The molecule has 0 amide bonds. The van der Waals surface area contributed by atoms with Gasteiger partial charge in [-0.3, -0.25) is 0 Å². The lowest BCUT2D eigenvalue weighted by molar-refractivity contribution is 0.340. The van der Waals surface area contributed by atoms with Gasteiger partial charge in [0.25, 0.3) is 0 Å². The fraction of sp³-hybridized carbons (Fsp3) is 0.200. The van der Waals surface area contributed by atoms with Crippen molar-refractivity contribution in [2.45, 2.75) is 13.8 Å². The van der Waals surface area contributed by atoms with E-state index in [1.807, 2.05) is 19.1 Å². The summed E-state index contributed by atoms with van der Waals surface area (Å²) in [7, 11) is 0. The zero-order valence-electron chi connectivity index (χ0n) is 10.0. The Morgan fingerprint density at radius 3 is 2.59 bits per heavy atom. The minimum Gasteiger partial charge on any atom is -0.494 e. The fourth-order valence-corrected chi connectivity index (χ4v) is 2.66. The molecule has 0 fully saturated rings. The molecule has 0 saturated carbocycles. The third kappa shape index (κ3) is 3.22. The first-order chi connectivity index (χ1) is 8.19. The molecule has 88 valence electrons. The summed E-state index contributed by atoms with van der Waals surface area (Å²) in [6, 6.07) is 14.8. The van der Waals surface area contributed by atoms with E-state index in [1.165, 1.54) is 20.3 Å². The molecule has 0 unspecified atom stereocenters. The lowest BCUT2D eigenvalue weighted by Crippen LogP contribution is -1.91. The summed E-state index contributed by atoms with van der Waals surface area (Å²) in [5.41, 5.74) is 3.74. The van der Waals surface area contributed by atoms with E-state index in [2.05, 4.69) is 59.8 Å². The second-order valence-corrected chi connectivity index (χ2v) is 5.22. The van der Waals surface area contributed by atoms with Crippen molar-refractivity contribution in [2.24, 2.45) is 0 Å². The van der Waals surface area contributed by atoms with E-state index in [9.17, 15) is 0 Å². The highest BCUT2D eigenvalue weighted by molar-refractivity contribution is 14.1. The molecule has 0 aliphatic heterocycles. The molecule has 0 heterocycles. The molecule has 2 heteroatoms. The van der Waals surface area contributed by atoms with Gasteiger partial charge < -0.3 is 4.74 Å². The molecule has 0 aromatic heterocycles. The second-order valence-electron chi connectivity index (χ2n) is 3.98. The van der Waals surface area contributed by atoms with Gasteiger partial charge in [0.05, 0.1) is 6.61 Å². The highest BCUT2D eigenvalue weighted by atomic mass is 127. The Morgan fingerprint density at radius 2 is 1.88 bits per heavy atom. The van der Waals surface area contributed by atoms with E-state index < -0.39 is 0 Å². The summed E-state index contributed by atoms with van der Waals surface area (Å²) >= 11 is 2.35. The number of ether oxygens (including phenoxy) is 1. The number of rotatable bonds is 3. The Bertz CT molecular complexity index is 500. The zero-order chi connectivity index (χ0) is 12.3. The Hall–Kier alpha value is -1.03. The highest BCUT2D eigenvalue weighted by Gasteiger charge is 2.01. The van der Waals surface area contributed by atoms with Crippen LogP contribution in [0.25, 0.3) is 11.1 Å². The first kappa shape index (κ1) is 12.4. The molecule has 2 aromatic carbocycles. The maximum Gasteiger partial charge on any atom is 0.119 e. The minimum absolute atomic E-state index is 0.703. The van der Waals surface area contributed by atoms with Crippen molar-refractivity contribution in [1.29, 1.82) is 0 Å². The monoisotopic (exact) mass is 338 g/mol. The molecule has 0 aliphatic carbocycles. The van der Waals surface area contributed by atoms with Crippen molar-refractivity contribution in [3.05, 3.63) is 51.6 Å². The van der Waals surface area contributed by atoms with Gasteiger partial charge >= 0.3 is 0 Å². The third-order valence-corrected chi connectivity index (χ3v) is 3.14. The lowest BCUT2D eigenvalue weighted by atomic mass is 10.0. The van der Waals surface area contributed by atoms with Crippen LogP contribution in [0.2, 0.25) is 0 Å². The first-order valence-corrected chi connectivity index (χ1v) is 6.77. The van der Waals surface area contributed by atoms with Crippen molar-refractivity contribution in [3.8, 4) is 16.9 Å². The van der Waals surface area contributed by atoms with Crippen molar-refractivity contribution >= 4 is 22.6 Å². The van der Waals surface area contributed by atoms with Crippen molar-refractivity contribution < 1.29 is 4.74 Å². The summed E-state index contributed by atoms with van der Waals surface area (Å²) in [6.45, 7) is 4.83. The molecule has 0 bridgehead atoms. The highest BCUT2D eigenvalue weighted by Crippen LogP contribution is 2.26. The standard InChI is InChI=1S/C15H15IO/c1-3-17-15-6-4-5-12(10-15)13-7-11(2)8-14(16)9-13/h4-10H,3H2,1-2H3. The molecule has 1 nitrogen and oxygen atoms in total. The molecular formula is C15H15IO. The molecule has 2 rings (SSSR count). The van der Waals surface area contributed by atoms with Gasteiger partial charge in [-0.15, -0.1) is 0 Å². The van der Waals surface area contributed by atoms with Crippen molar-refractivity contribution in [2.75, 3.05) is 6.61 Å². The SMILES string of the molecule is CCOc1cccc(-c2cc(C)cc(I)c2)c1. The quantitative estimate of drug-likeness (QED) is 0.740. The average molecular weight is 338 g/mol. The fourth-order valence-electron chi connectivity index (χ4n) is 1.84. The summed E-state index contributed by atoms with van der Waals surface area (Å²) < 4.78 is 6.79. The Balaban J connectivity index is 2.41.